The Bertz CT molecular complexity index is 182. The van der Waals surface area contributed by atoms with Gasteiger partial charge in [-0.3, -0.25) is 4.79 Å². The fourth-order valence-electron chi connectivity index (χ4n) is 2.17. The van der Waals surface area contributed by atoms with Crippen LogP contribution in [0, 0.1) is 5.92 Å². The molecular weight excluding hydrogens is 176 g/mol. The van der Waals surface area contributed by atoms with Crippen LogP contribution < -0.4 is 10.6 Å². The number of hydrogen-bond acceptors (Lipinski definition) is 2. The van der Waals surface area contributed by atoms with Gasteiger partial charge in [-0.15, -0.1) is 0 Å². The van der Waals surface area contributed by atoms with Gasteiger partial charge in [-0.25, -0.2) is 0 Å². The molecule has 2 atom stereocenters. The summed E-state index contributed by atoms with van der Waals surface area (Å²) < 4.78 is 0. The van der Waals surface area contributed by atoms with Crippen molar-refractivity contribution in [3.63, 3.8) is 0 Å². The maximum atomic E-state index is 11.0. The lowest BCUT2D eigenvalue weighted by Gasteiger charge is -2.28. The molecule has 0 bridgehead atoms. The van der Waals surface area contributed by atoms with Gasteiger partial charge in [0.05, 0.1) is 6.54 Å². The van der Waals surface area contributed by atoms with Crippen LogP contribution in [0.2, 0.25) is 0 Å². The Morgan fingerprint density at radius 3 is 2.86 bits per heavy atom. The van der Waals surface area contributed by atoms with E-state index >= 15 is 0 Å². The summed E-state index contributed by atoms with van der Waals surface area (Å²) >= 11 is 0. The lowest BCUT2D eigenvalue weighted by Crippen LogP contribution is -2.40. The monoisotopic (exact) mass is 198 g/mol. The van der Waals surface area contributed by atoms with Crippen LogP contribution >= 0.6 is 0 Å². The number of rotatable bonds is 4. The molecule has 1 fully saturated rings. The minimum absolute atomic E-state index is 0.0867. The van der Waals surface area contributed by atoms with Gasteiger partial charge >= 0.3 is 0 Å². The fourth-order valence-corrected chi connectivity index (χ4v) is 2.17. The third-order valence-electron chi connectivity index (χ3n) is 3.19. The lowest BCUT2D eigenvalue weighted by molar-refractivity contribution is -0.119. The zero-order valence-corrected chi connectivity index (χ0v) is 9.31. The van der Waals surface area contributed by atoms with Crippen LogP contribution in [0.4, 0.5) is 0 Å². The summed E-state index contributed by atoms with van der Waals surface area (Å²) in [6, 6.07) is 0.561. The largest absolute Gasteiger partial charge is 0.358 e. The normalized spacial score (nSPS) is 27.3. The van der Waals surface area contributed by atoms with Crippen molar-refractivity contribution in [3.05, 3.63) is 0 Å². The second-order valence-corrected chi connectivity index (χ2v) is 4.19. The Balaban J connectivity index is 2.20. The molecule has 82 valence electrons. The van der Waals surface area contributed by atoms with Crippen LogP contribution in [-0.2, 0) is 4.79 Å². The quantitative estimate of drug-likeness (QED) is 0.714. The first-order chi connectivity index (χ1) is 6.76. The zero-order chi connectivity index (χ0) is 10.4. The molecule has 2 unspecified atom stereocenters. The van der Waals surface area contributed by atoms with Gasteiger partial charge in [0.1, 0.15) is 0 Å². The van der Waals surface area contributed by atoms with Crippen molar-refractivity contribution in [2.24, 2.45) is 5.92 Å². The van der Waals surface area contributed by atoms with Crippen LogP contribution in [0.25, 0.3) is 0 Å². The van der Waals surface area contributed by atoms with E-state index in [1.807, 2.05) is 0 Å². The molecule has 0 aromatic rings. The van der Waals surface area contributed by atoms with E-state index in [1.165, 1.54) is 32.1 Å². The first kappa shape index (κ1) is 11.5. The molecule has 1 saturated carbocycles. The molecule has 1 aliphatic rings. The topological polar surface area (TPSA) is 41.1 Å². The number of likely N-dealkylation sites (N-methyl/N-ethyl adjacent to an activating group) is 1. The lowest BCUT2D eigenvalue weighted by atomic mass is 9.84. The van der Waals surface area contributed by atoms with Gasteiger partial charge in [0.25, 0.3) is 0 Å². The van der Waals surface area contributed by atoms with Crippen LogP contribution in [-0.4, -0.2) is 25.5 Å². The maximum Gasteiger partial charge on any atom is 0.233 e. The minimum Gasteiger partial charge on any atom is -0.358 e. The van der Waals surface area contributed by atoms with E-state index in [0.717, 1.165) is 5.92 Å². The van der Waals surface area contributed by atoms with E-state index in [4.69, 9.17) is 0 Å². The molecule has 14 heavy (non-hydrogen) atoms. The molecule has 0 aliphatic heterocycles. The second kappa shape index (κ2) is 6.02. The molecule has 3 heteroatoms. The highest BCUT2D eigenvalue weighted by atomic mass is 16.1. The van der Waals surface area contributed by atoms with Gasteiger partial charge < -0.3 is 10.6 Å². The van der Waals surface area contributed by atoms with Crippen molar-refractivity contribution in [3.8, 4) is 0 Å². The average Bonchev–Trinajstić information content (AvgIpc) is 2.26. The van der Waals surface area contributed by atoms with Crippen LogP contribution in [0.1, 0.15) is 39.0 Å². The van der Waals surface area contributed by atoms with Crippen LogP contribution in [0.15, 0.2) is 0 Å². The molecule has 0 saturated heterocycles. The zero-order valence-electron chi connectivity index (χ0n) is 9.31. The third-order valence-corrected chi connectivity index (χ3v) is 3.19. The molecule has 0 heterocycles. The van der Waals surface area contributed by atoms with E-state index in [1.54, 1.807) is 7.05 Å². The highest BCUT2D eigenvalue weighted by Gasteiger charge is 2.20. The van der Waals surface area contributed by atoms with E-state index in [-0.39, 0.29) is 5.91 Å². The van der Waals surface area contributed by atoms with Crippen molar-refractivity contribution in [1.29, 1.82) is 0 Å². The highest BCUT2D eigenvalue weighted by Crippen LogP contribution is 2.26. The Labute approximate surface area is 86.6 Å². The summed E-state index contributed by atoms with van der Waals surface area (Å²) in [5.41, 5.74) is 0. The first-order valence-corrected chi connectivity index (χ1v) is 5.70. The second-order valence-electron chi connectivity index (χ2n) is 4.19. The highest BCUT2D eigenvalue weighted by molar-refractivity contribution is 5.77. The van der Waals surface area contributed by atoms with Gasteiger partial charge in [0.15, 0.2) is 0 Å². The fraction of sp³-hybridized carbons (Fsp3) is 0.909. The van der Waals surface area contributed by atoms with Crippen molar-refractivity contribution >= 4 is 5.91 Å². The Morgan fingerprint density at radius 1 is 1.43 bits per heavy atom. The smallest absolute Gasteiger partial charge is 0.233 e. The van der Waals surface area contributed by atoms with E-state index < -0.39 is 0 Å². The molecular formula is C11H22N2O. The van der Waals surface area contributed by atoms with Gasteiger partial charge in [0.2, 0.25) is 5.91 Å². The number of carbonyl (C=O) groups excluding carboxylic acids is 1. The predicted molar refractivity (Wildman–Crippen MR) is 58.1 cm³/mol. The van der Waals surface area contributed by atoms with Gasteiger partial charge in [-0.2, -0.15) is 0 Å². The molecule has 1 aliphatic carbocycles. The summed E-state index contributed by atoms with van der Waals surface area (Å²) in [6.45, 7) is 2.73. The first-order valence-electron chi connectivity index (χ1n) is 5.70. The number of carbonyl (C=O) groups is 1. The standard InChI is InChI=1S/C11H22N2O/c1-3-9-5-4-6-10(7-9)13-8-11(14)12-2/h9-10,13H,3-8H2,1-2H3,(H,12,14). The summed E-state index contributed by atoms with van der Waals surface area (Å²) in [4.78, 5) is 11.0. The van der Waals surface area contributed by atoms with Crippen molar-refractivity contribution in [2.45, 2.75) is 45.1 Å². The molecule has 0 aromatic heterocycles. The molecule has 0 spiro atoms. The predicted octanol–water partition coefficient (Wildman–Crippen LogP) is 1.29. The summed E-state index contributed by atoms with van der Waals surface area (Å²) in [5.74, 6) is 0.953. The van der Waals surface area contributed by atoms with Crippen LogP contribution in [0.3, 0.4) is 0 Å². The van der Waals surface area contributed by atoms with Crippen molar-refractivity contribution in [1.82, 2.24) is 10.6 Å². The van der Waals surface area contributed by atoms with Crippen molar-refractivity contribution < 1.29 is 4.79 Å². The molecule has 1 rings (SSSR count). The van der Waals surface area contributed by atoms with Crippen molar-refractivity contribution in [2.75, 3.05) is 13.6 Å². The molecule has 0 aromatic carbocycles. The van der Waals surface area contributed by atoms with Gasteiger partial charge in [-0.1, -0.05) is 26.2 Å². The van der Waals surface area contributed by atoms with Gasteiger partial charge in [0, 0.05) is 13.1 Å². The Morgan fingerprint density at radius 2 is 2.21 bits per heavy atom. The average molecular weight is 198 g/mol. The maximum absolute atomic E-state index is 11.0. The van der Waals surface area contributed by atoms with Crippen LogP contribution in [0.5, 0.6) is 0 Å². The van der Waals surface area contributed by atoms with Gasteiger partial charge in [-0.05, 0) is 18.8 Å². The minimum atomic E-state index is 0.0867. The van der Waals surface area contributed by atoms with E-state index in [2.05, 4.69) is 17.6 Å². The molecule has 0 radical (unpaired) electrons. The number of hydrogen-bond donors (Lipinski definition) is 2. The third kappa shape index (κ3) is 3.66. The summed E-state index contributed by atoms with van der Waals surface area (Å²) in [5, 5.41) is 5.95. The molecule has 1 amide bonds. The van der Waals surface area contributed by atoms with E-state index in [0.29, 0.717) is 12.6 Å². The SMILES string of the molecule is CCC1CCCC(NCC(=O)NC)C1. The number of nitrogens with one attached hydrogen (secondary N) is 2. The summed E-state index contributed by atoms with van der Waals surface area (Å²) in [6.07, 6.45) is 6.43. The summed E-state index contributed by atoms with van der Waals surface area (Å²) in [7, 11) is 1.68. The Kier molecular flexibility index (Phi) is 4.94. The van der Waals surface area contributed by atoms with E-state index in [9.17, 15) is 4.79 Å². The number of amides is 1. The molecule has 3 nitrogen and oxygen atoms in total. The Hall–Kier alpha value is -0.570. The molecule has 2 N–H and O–H groups in total.